The Kier molecular flexibility index (Phi) is 3.60. The summed E-state index contributed by atoms with van der Waals surface area (Å²) >= 11 is 0. The van der Waals surface area contributed by atoms with Crippen LogP contribution in [0, 0.1) is 11.6 Å². The van der Waals surface area contributed by atoms with Gasteiger partial charge in [0.15, 0.2) is 11.6 Å². The fraction of sp³-hybridized carbons (Fsp3) is 0.300. The predicted octanol–water partition coefficient (Wildman–Crippen LogP) is 2.15. The van der Waals surface area contributed by atoms with Gasteiger partial charge >= 0.3 is 5.97 Å². The summed E-state index contributed by atoms with van der Waals surface area (Å²) in [5, 5.41) is 0. The van der Waals surface area contributed by atoms with Gasteiger partial charge in [-0.2, -0.15) is 0 Å². The Morgan fingerprint density at radius 3 is 2.53 bits per heavy atom. The van der Waals surface area contributed by atoms with Crippen LogP contribution in [0.4, 0.5) is 8.78 Å². The Bertz CT molecular complexity index is 377. The molecule has 0 aliphatic carbocycles. The molecule has 15 heavy (non-hydrogen) atoms. The molecule has 1 aromatic rings. The summed E-state index contributed by atoms with van der Waals surface area (Å²) in [5.74, 6) is -2.81. The Balaban J connectivity index is 3.10. The molecule has 0 radical (unpaired) electrons. The lowest BCUT2D eigenvalue weighted by molar-refractivity contribution is 0.0520. The van der Waals surface area contributed by atoms with Crippen LogP contribution in [0.5, 0.6) is 5.75 Å². The lowest BCUT2D eigenvalue weighted by Gasteiger charge is -2.06. The van der Waals surface area contributed by atoms with Crippen LogP contribution in [0.3, 0.4) is 0 Å². The first-order valence-corrected chi connectivity index (χ1v) is 4.30. The molecule has 0 saturated carbocycles. The molecule has 5 heteroatoms. The zero-order valence-electron chi connectivity index (χ0n) is 8.34. The van der Waals surface area contributed by atoms with Crippen molar-refractivity contribution in [2.24, 2.45) is 0 Å². The van der Waals surface area contributed by atoms with E-state index in [4.69, 9.17) is 0 Å². The molecular formula is C10H10F2O3. The average Bonchev–Trinajstić information content (AvgIpc) is 2.21. The Morgan fingerprint density at radius 1 is 1.33 bits per heavy atom. The van der Waals surface area contributed by atoms with Gasteiger partial charge in [0.05, 0.1) is 19.3 Å². The van der Waals surface area contributed by atoms with Gasteiger partial charge in [0.2, 0.25) is 0 Å². The molecule has 3 nitrogen and oxygen atoms in total. The molecule has 1 rings (SSSR count). The van der Waals surface area contributed by atoms with Gasteiger partial charge in [-0.05, 0) is 13.0 Å². The van der Waals surface area contributed by atoms with Crippen molar-refractivity contribution in [1.82, 2.24) is 0 Å². The van der Waals surface area contributed by atoms with Crippen LogP contribution in [-0.2, 0) is 4.74 Å². The van der Waals surface area contributed by atoms with Crippen molar-refractivity contribution in [1.29, 1.82) is 0 Å². The number of rotatable bonds is 3. The minimum absolute atomic E-state index is 0.103. The zero-order chi connectivity index (χ0) is 11.4. The number of carbonyl (C=O) groups is 1. The van der Waals surface area contributed by atoms with Crippen LogP contribution >= 0.6 is 0 Å². The number of hydrogen-bond acceptors (Lipinski definition) is 3. The number of halogens is 2. The third kappa shape index (κ3) is 2.43. The topological polar surface area (TPSA) is 35.5 Å². The van der Waals surface area contributed by atoms with Gasteiger partial charge in [-0.15, -0.1) is 0 Å². The van der Waals surface area contributed by atoms with E-state index in [1.807, 2.05) is 0 Å². The van der Waals surface area contributed by atoms with E-state index in [2.05, 4.69) is 9.47 Å². The summed E-state index contributed by atoms with van der Waals surface area (Å²) in [4.78, 5) is 11.1. The van der Waals surface area contributed by atoms with Crippen molar-refractivity contribution in [3.05, 3.63) is 29.3 Å². The smallest absolute Gasteiger partial charge is 0.341 e. The maximum absolute atomic E-state index is 13.2. The van der Waals surface area contributed by atoms with Crippen LogP contribution in [-0.4, -0.2) is 19.7 Å². The lowest BCUT2D eigenvalue weighted by atomic mass is 10.2. The first-order chi connectivity index (χ1) is 7.10. The highest BCUT2D eigenvalue weighted by molar-refractivity contribution is 5.89. The summed E-state index contributed by atoms with van der Waals surface area (Å²) in [6.45, 7) is 1.68. The molecule has 0 fully saturated rings. The van der Waals surface area contributed by atoms with Crippen LogP contribution in [0.1, 0.15) is 17.3 Å². The monoisotopic (exact) mass is 216 g/mol. The molecule has 1 aromatic carbocycles. The van der Waals surface area contributed by atoms with Gasteiger partial charge in [-0.1, -0.05) is 0 Å². The van der Waals surface area contributed by atoms with E-state index in [1.165, 1.54) is 7.11 Å². The maximum atomic E-state index is 13.2. The lowest BCUT2D eigenvalue weighted by Crippen LogP contribution is -2.08. The van der Waals surface area contributed by atoms with Crippen molar-refractivity contribution in [3.63, 3.8) is 0 Å². The molecule has 0 heterocycles. The molecule has 0 aromatic heterocycles. The first-order valence-electron chi connectivity index (χ1n) is 4.30. The summed E-state index contributed by atoms with van der Waals surface area (Å²) < 4.78 is 35.5. The quantitative estimate of drug-likeness (QED) is 0.726. The minimum atomic E-state index is -0.892. The van der Waals surface area contributed by atoms with Crippen molar-refractivity contribution >= 4 is 5.97 Å². The SMILES string of the molecule is CCOC(=O)c1cc(F)c(OC)cc1F. The summed E-state index contributed by atoms with van der Waals surface area (Å²) in [6.07, 6.45) is 0. The molecule has 0 saturated heterocycles. The summed E-state index contributed by atoms with van der Waals surface area (Å²) in [7, 11) is 1.21. The normalized spacial score (nSPS) is 9.87. The average molecular weight is 216 g/mol. The third-order valence-electron chi connectivity index (χ3n) is 1.74. The molecule has 0 unspecified atom stereocenters. The van der Waals surface area contributed by atoms with Gasteiger partial charge in [0.25, 0.3) is 0 Å². The summed E-state index contributed by atoms with van der Waals surface area (Å²) in [5.41, 5.74) is -0.435. The second-order valence-electron chi connectivity index (χ2n) is 2.69. The molecule has 0 aliphatic heterocycles. The number of esters is 1. The second kappa shape index (κ2) is 4.72. The van der Waals surface area contributed by atoms with E-state index in [0.717, 1.165) is 12.1 Å². The highest BCUT2D eigenvalue weighted by Gasteiger charge is 2.17. The Hall–Kier alpha value is -1.65. The largest absolute Gasteiger partial charge is 0.494 e. The first kappa shape index (κ1) is 11.4. The molecule has 0 bridgehead atoms. The molecular weight excluding hydrogens is 206 g/mol. The standard InChI is InChI=1S/C10H10F2O3/c1-3-15-10(13)6-4-8(12)9(14-2)5-7(6)11/h4-5H,3H2,1-2H3. The number of benzene rings is 1. The van der Waals surface area contributed by atoms with Crippen LogP contribution in [0.2, 0.25) is 0 Å². The van der Waals surface area contributed by atoms with Gasteiger partial charge < -0.3 is 9.47 Å². The van der Waals surface area contributed by atoms with Crippen LogP contribution in [0.15, 0.2) is 12.1 Å². The van der Waals surface area contributed by atoms with E-state index in [9.17, 15) is 13.6 Å². The van der Waals surface area contributed by atoms with Crippen molar-refractivity contribution < 1.29 is 23.0 Å². The number of carbonyl (C=O) groups excluding carboxylic acids is 1. The van der Waals surface area contributed by atoms with E-state index >= 15 is 0 Å². The van der Waals surface area contributed by atoms with E-state index in [1.54, 1.807) is 6.92 Å². The fourth-order valence-corrected chi connectivity index (χ4v) is 1.05. The maximum Gasteiger partial charge on any atom is 0.341 e. The highest BCUT2D eigenvalue weighted by atomic mass is 19.1. The third-order valence-corrected chi connectivity index (χ3v) is 1.74. The number of methoxy groups -OCH3 is 1. The molecule has 0 spiro atoms. The molecule has 0 aliphatic rings. The van der Waals surface area contributed by atoms with Gasteiger partial charge in [-0.3, -0.25) is 0 Å². The van der Waals surface area contributed by atoms with Gasteiger partial charge in [-0.25, -0.2) is 13.6 Å². The Labute approximate surface area is 85.6 Å². The Morgan fingerprint density at radius 2 is 2.00 bits per heavy atom. The number of hydrogen-bond donors (Lipinski definition) is 0. The molecule has 0 N–H and O–H groups in total. The fourth-order valence-electron chi connectivity index (χ4n) is 1.05. The highest BCUT2D eigenvalue weighted by Crippen LogP contribution is 2.21. The molecule has 0 amide bonds. The van der Waals surface area contributed by atoms with Crippen molar-refractivity contribution in [3.8, 4) is 5.75 Å². The van der Waals surface area contributed by atoms with E-state index < -0.39 is 23.2 Å². The van der Waals surface area contributed by atoms with Crippen molar-refractivity contribution in [2.75, 3.05) is 13.7 Å². The van der Waals surface area contributed by atoms with Gasteiger partial charge in [0, 0.05) is 6.07 Å². The molecule has 82 valence electrons. The minimum Gasteiger partial charge on any atom is -0.494 e. The van der Waals surface area contributed by atoms with E-state index in [0.29, 0.717) is 0 Å². The second-order valence-corrected chi connectivity index (χ2v) is 2.69. The van der Waals surface area contributed by atoms with Crippen LogP contribution < -0.4 is 4.74 Å². The summed E-state index contributed by atoms with van der Waals surface area (Å²) in [6, 6.07) is 1.56. The van der Waals surface area contributed by atoms with Gasteiger partial charge in [0.1, 0.15) is 5.82 Å². The predicted molar refractivity (Wildman–Crippen MR) is 48.9 cm³/mol. The molecule has 0 atom stereocenters. The number of ether oxygens (including phenoxy) is 2. The van der Waals surface area contributed by atoms with E-state index in [-0.39, 0.29) is 12.4 Å². The van der Waals surface area contributed by atoms with Crippen LogP contribution in [0.25, 0.3) is 0 Å². The zero-order valence-corrected chi connectivity index (χ0v) is 8.34. The van der Waals surface area contributed by atoms with Crippen molar-refractivity contribution in [2.45, 2.75) is 6.92 Å².